The van der Waals surface area contributed by atoms with Gasteiger partial charge in [-0.2, -0.15) is 5.10 Å². The Kier molecular flexibility index (Phi) is 4.90. The van der Waals surface area contributed by atoms with Gasteiger partial charge in [-0.25, -0.2) is 5.43 Å². The van der Waals surface area contributed by atoms with Crippen LogP contribution in [-0.2, 0) is 11.2 Å². The topological polar surface area (TPSA) is 50.7 Å². The van der Waals surface area contributed by atoms with Crippen LogP contribution in [0, 0.1) is 6.92 Å². The molecule has 5 heteroatoms. The van der Waals surface area contributed by atoms with E-state index in [0.29, 0.717) is 6.42 Å². The first-order valence-corrected chi connectivity index (χ1v) is 7.00. The largest absolute Gasteiger partial charge is 0.497 e. The molecule has 1 aromatic carbocycles. The van der Waals surface area contributed by atoms with E-state index in [0.717, 1.165) is 16.2 Å². The van der Waals surface area contributed by atoms with Crippen molar-refractivity contribution in [2.24, 2.45) is 5.10 Å². The molecule has 0 saturated heterocycles. The number of hydrogen-bond acceptors (Lipinski definition) is 4. The van der Waals surface area contributed by atoms with Gasteiger partial charge in [-0.15, -0.1) is 11.3 Å². The Labute approximate surface area is 122 Å². The summed E-state index contributed by atoms with van der Waals surface area (Å²) in [5.74, 6) is 0.639. The molecule has 104 valence electrons. The zero-order valence-corrected chi connectivity index (χ0v) is 12.2. The standard InChI is InChI=1S/C15H16N2O2S/c1-11-3-8-14(20-11)10-16-17-15(18)9-12-4-6-13(19-2)7-5-12/h3-8,10H,9H2,1-2H3,(H,17,18)/b16-10+. The van der Waals surface area contributed by atoms with Gasteiger partial charge < -0.3 is 4.74 Å². The number of rotatable bonds is 5. The lowest BCUT2D eigenvalue weighted by Crippen LogP contribution is -2.19. The molecule has 2 rings (SSSR count). The molecule has 0 fully saturated rings. The highest BCUT2D eigenvalue weighted by Crippen LogP contribution is 2.13. The molecule has 0 unspecified atom stereocenters. The third-order valence-electron chi connectivity index (χ3n) is 2.67. The minimum atomic E-state index is -0.139. The Morgan fingerprint density at radius 2 is 2.05 bits per heavy atom. The first-order valence-electron chi connectivity index (χ1n) is 6.18. The van der Waals surface area contributed by atoms with Crippen LogP contribution in [0.5, 0.6) is 5.75 Å². The second-order valence-corrected chi connectivity index (χ2v) is 5.59. The number of nitrogens with zero attached hydrogens (tertiary/aromatic N) is 1. The van der Waals surface area contributed by atoms with E-state index in [1.165, 1.54) is 4.88 Å². The molecule has 0 aliphatic heterocycles. The molecular formula is C15H16N2O2S. The number of hydrazone groups is 1. The molecule has 1 amide bonds. The zero-order valence-electron chi connectivity index (χ0n) is 11.4. The molecular weight excluding hydrogens is 272 g/mol. The third-order valence-corrected chi connectivity index (χ3v) is 3.60. The summed E-state index contributed by atoms with van der Waals surface area (Å²) in [7, 11) is 1.61. The van der Waals surface area contributed by atoms with Crippen molar-refractivity contribution in [3.8, 4) is 5.75 Å². The van der Waals surface area contributed by atoms with E-state index < -0.39 is 0 Å². The van der Waals surface area contributed by atoms with Crippen molar-refractivity contribution in [2.45, 2.75) is 13.3 Å². The molecule has 0 bridgehead atoms. The van der Waals surface area contributed by atoms with Gasteiger partial charge in [0, 0.05) is 9.75 Å². The summed E-state index contributed by atoms with van der Waals surface area (Å²) >= 11 is 1.63. The smallest absolute Gasteiger partial charge is 0.244 e. The lowest BCUT2D eigenvalue weighted by atomic mass is 10.1. The summed E-state index contributed by atoms with van der Waals surface area (Å²) in [6, 6.07) is 11.4. The molecule has 0 aliphatic carbocycles. The molecule has 0 aliphatic rings. The maximum absolute atomic E-state index is 11.7. The number of carbonyl (C=O) groups is 1. The Hall–Kier alpha value is -2.14. The number of aryl methyl sites for hydroxylation is 1. The van der Waals surface area contributed by atoms with Crippen molar-refractivity contribution in [1.29, 1.82) is 0 Å². The van der Waals surface area contributed by atoms with Gasteiger partial charge in [0.25, 0.3) is 0 Å². The first-order chi connectivity index (χ1) is 9.67. The van der Waals surface area contributed by atoms with Crippen LogP contribution in [0.3, 0.4) is 0 Å². The summed E-state index contributed by atoms with van der Waals surface area (Å²) < 4.78 is 5.07. The van der Waals surface area contributed by atoms with Crippen molar-refractivity contribution in [2.75, 3.05) is 7.11 Å². The summed E-state index contributed by atoms with van der Waals surface area (Å²) in [6.45, 7) is 2.03. The summed E-state index contributed by atoms with van der Waals surface area (Å²) in [6.07, 6.45) is 1.95. The lowest BCUT2D eigenvalue weighted by Gasteiger charge is -2.02. The molecule has 1 heterocycles. The van der Waals surface area contributed by atoms with E-state index in [2.05, 4.69) is 10.5 Å². The minimum absolute atomic E-state index is 0.139. The summed E-state index contributed by atoms with van der Waals surface area (Å²) in [5.41, 5.74) is 3.45. The Balaban J connectivity index is 1.84. The van der Waals surface area contributed by atoms with E-state index >= 15 is 0 Å². The molecule has 0 saturated carbocycles. The van der Waals surface area contributed by atoms with Crippen molar-refractivity contribution < 1.29 is 9.53 Å². The Morgan fingerprint density at radius 3 is 2.65 bits per heavy atom. The number of methoxy groups -OCH3 is 1. The highest BCUT2D eigenvalue weighted by Gasteiger charge is 2.02. The van der Waals surface area contributed by atoms with E-state index in [1.54, 1.807) is 24.7 Å². The summed E-state index contributed by atoms with van der Waals surface area (Å²) in [5, 5.41) is 3.95. The third kappa shape index (κ3) is 4.20. The highest BCUT2D eigenvalue weighted by molar-refractivity contribution is 7.13. The van der Waals surface area contributed by atoms with Crippen molar-refractivity contribution in [3.05, 3.63) is 51.7 Å². The fraction of sp³-hybridized carbons (Fsp3) is 0.200. The van der Waals surface area contributed by atoms with Crippen molar-refractivity contribution in [3.63, 3.8) is 0 Å². The van der Waals surface area contributed by atoms with E-state index in [-0.39, 0.29) is 5.91 Å². The van der Waals surface area contributed by atoms with Crippen LogP contribution < -0.4 is 10.2 Å². The first kappa shape index (κ1) is 14.3. The highest BCUT2D eigenvalue weighted by atomic mass is 32.1. The van der Waals surface area contributed by atoms with Gasteiger partial charge in [-0.05, 0) is 36.8 Å². The number of nitrogens with one attached hydrogen (secondary N) is 1. The second-order valence-electron chi connectivity index (χ2n) is 4.27. The molecule has 0 spiro atoms. The number of ether oxygens (including phenoxy) is 1. The van der Waals surface area contributed by atoms with Gasteiger partial charge in [-0.1, -0.05) is 12.1 Å². The van der Waals surface area contributed by atoms with E-state index in [9.17, 15) is 4.79 Å². The molecule has 2 aromatic rings. The number of hydrogen-bond donors (Lipinski definition) is 1. The van der Waals surface area contributed by atoms with Crippen LogP contribution in [0.4, 0.5) is 0 Å². The molecule has 1 aromatic heterocycles. The Bertz CT molecular complexity index is 603. The van der Waals surface area contributed by atoms with E-state index in [1.807, 2.05) is 43.3 Å². The second kappa shape index (κ2) is 6.86. The summed E-state index contributed by atoms with van der Waals surface area (Å²) in [4.78, 5) is 13.9. The maximum atomic E-state index is 11.7. The van der Waals surface area contributed by atoms with Crippen LogP contribution in [0.2, 0.25) is 0 Å². The normalized spacial score (nSPS) is 10.7. The molecule has 0 atom stereocenters. The fourth-order valence-electron chi connectivity index (χ4n) is 1.66. The zero-order chi connectivity index (χ0) is 14.4. The van der Waals surface area contributed by atoms with Crippen molar-refractivity contribution in [1.82, 2.24) is 5.43 Å². The number of benzene rings is 1. The maximum Gasteiger partial charge on any atom is 0.244 e. The monoisotopic (exact) mass is 288 g/mol. The fourth-order valence-corrected chi connectivity index (χ4v) is 2.41. The molecule has 0 radical (unpaired) electrons. The van der Waals surface area contributed by atoms with Gasteiger partial charge in [0.15, 0.2) is 0 Å². The molecule has 20 heavy (non-hydrogen) atoms. The quantitative estimate of drug-likeness (QED) is 0.679. The van der Waals surface area contributed by atoms with Gasteiger partial charge in [0.05, 0.1) is 19.7 Å². The number of thiophene rings is 1. The van der Waals surface area contributed by atoms with Crippen LogP contribution in [0.1, 0.15) is 15.3 Å². The van der Waals surface area contributed by atoms with Gasteiger partial charge >= 0.3 is 0 Å². The van der Waals surface area contributed by atoms with Crippen molar-refractivity contribution >= 4 is 23.5 Å². The average Bonchev–Trinajstić information content (AvgIpc) is 2.85. The predicted octanol–water partition coefficient (Wildman–Crippen LogP) is 2.76. The number of carbonyl (C=O) groups excluding carboxylic acids is 1. The van der Waals surface area contributed by atoms with Crippen LogP contribution in [-0.4, -0.2) is 19.2 Å². The van der Waals surface area contributed by atoms with Crippen LogP contribution >= 0.6 is 11.3 Å². The van der Waals surface area contributed by atoms with Gasteiger partial charge in [0.2, 0.25) is 5.91 Å². The Morgan fingerprint density at radius 1 is 1.30 bits per heavy atom. The molecule has 1 N–H and O–H groups in total. The predicted molar refractivity (Wildman–Crippen MR) is 81.5 cm³/mol. The van der Waals surface area contributed by atoms with Gasteiger partial charge in [-0.3, -0.25) is 4.79 Å². The minimum Gasteiger partial charge on any atom is -0.497 e. The number of amides is 1. The average molecular weight is 288 g/mol. The van der Waals surface area contributed by atoms with E-state index in [4.69, 9.17) is 4.74 Å². The lowest BCUT2D eigenvalue weighted by molar-refractivity contribution is -0.120. The molecule has 4 nitrogen and oxygen atoms in total. The van der Waals surface area contributed by atoms with Crippen LogP contribution in [0.15, 0.2) is 41.5 Å². The SMILES string of the molecule is COc1ccc(CC(=O)N/N=C/c2ccc(C)s2)cc1. The van der Waals surface area contributed by atoms with Crippen LogP contribution in [0.25, 0.3) is 0 Å². The van der Waals surface area contributed by atoms with Gasteiger partial charge in [0.1, 0.15) is 5.75 Å².